The Balaban J connectivity index is 0.00000364. The largest absolute Gasteiger partial charge is 0.335 e. The Morgan fingerprint density at radius 1 is 0.679 bits per heavy atom. The van der Waals surface area contributed by atoms with Crippen LogP contribution in [-0.2, 0) is 0 Å². The van der Waals surface area contributed by atoms with Gasteiger partial charge in [0.15, 0.2) is 11.6 Å². The molecular formula is C22H28N2O4. The molecule has 0 atom stereocenters. The van der Waals surface area contributed by atoms with E-state index in [0.29, 0.717) is 28.7 Å². The van der Waals surface area contributed by atoms with Gasteiger partial charge in [-0.15, -0.1) is 0 Å². The van der Waals surface area contributed by atoms with Crippen molar-refractivity contribution < 1.29 is 19.2 Å². The van der Waals surface area contributed by atoms with Crippen LogP contribution in [0.3, 0.4) is 0 Å². The fraction of sp³-hybridized carbons (Fsp3) is 0.273. The second-order valence-corrected chi connectivity index (χ2v) is 5.68. The maximum Gasteiger partial charge on any atom is 0.252 e. The minimum absolute atomic E-state index is 0. The smallest absolute Gasteiger partial charge is 0.252 e. The highest BCUT2D eigenvalue weighted by molar-refractivity contribution is 5.99. The van der Waals surface area contributed by atoms with Crippen LogP contribution in [0.5, 0.6) is 0 Å². The molecule has 2 N–H and O–H groups in total. The van der Waals surface area contributed by atoms with Crippen LogP contribution in [0.1, 0.15) is 76.6 Å². The summed E-state index contributed by atoms with van der Waals surface area (Å²) in [7, 11) is 0. The van der Waals surface area contributed by atoms with Crippen molar-refractivity contribution in [2.75, 3.05) is 6.67 Å². The van der Waals surface area contributed by atoms with Gasteiger partial charge in [0.1, 0.15) is 0 Å². The van der Waals surface area contributed by atoms with Crippen molar-refractivity contribution in [2.45, 2.75) is 35.1 Å². The number of Topliss-reactive ketones (excluding diaryl/α,β-unsaturated/α-hetero) is 2. The SMILES string of the molecule is C.C.CCC(=O)c1ccc(C(=O)NCNC(=O)c2ccc(C(C)=O)cc2)cc1. The molecule has 0 aliphatic rings. The molecule has 0 spiro atoms. The maximum atomic E-state index is 12.0. The third-order valence-corrected chi connectivity index (χ3v) is 3.84. The summed E-state index contributed by atoms with van der Waals surface area (Å²) in [5.74, 6) is -0.770. The van der Waals surface area contributed by atoms with E-state index in [1.54, 1.807) is 55.5 Å². The number of ketones is 2. The van der Waals surface area contributed by atoms with Crippen molar-refractivity contribution in [3.63, 3.8) is 0 Å². The van der Waals surface area contributed by atoms with Crippen LogP contribution in [0, 0.1) is 0 Å². The summed E-state index contributed by atoms with van der Waals surface area (Å²) in [6, 6.07) is 12.6. The summed E-state index contributed by atoms with van der Waals surface area (Å²) in [6.07, 6.45) is 0.408. The van der Waals surface area contributed by atoms with Gasteiger partial charge >= 0.3 is 0 Å². The van der Waals surface area contributed by atoms with E-state index in [9.17, 15) is 19.2 Å². The van der Waals surface area contributed by atoms with Crippen LogP contribution >= 0.6 is 0 Å². The standard InChI is InChI=1S/C20H20N2O4.2CH4/c1-3-18(24)15-6-10-17(11-7-15)20(26)22-12-21-19(25)16-8-4-14(5-9-16)13(2)23;;/h4-11H,3,12H2,1-2H3,(H,21,25)(H,22,26);2*1H4. The summed E-state index contributed by atoms with van der Waals surface area (Å²) in [4.78, 5) is 46.8. The van der Waals surface area contributed by atoms with E-state index in [0.717, 1.165) is 0 Å². The molecule has 0 aliphatic carbocycles. The van der Waals surface area contributed by atoms with Gasteiger partial charge in [-0.25, -0.2) is 0 Å². The highest BCUT2D eigenvalue weighted by Crippen LogP contribution is 2.07. The summed E-state index contributed by atoms with van der Waals surface area (Å²) < 4.78 is 0. The van der Waals surface area contributed by atoms with Crippen molar-refractivity contribution in [3.8, 4) is 0 Å². The molecule has 0 aliphatic heterocycles. The average molecular weight is 384 g/mol. The molecule has 2 amide bonds. The summed E-state index contributed by atoms with van der Waals surface area (Å²) in [5, 5.41) is 5.16. The molecule has 150 valence electrons. The van der Waals surface area contributed by atoms with Gasteiger partial charge in [-0.05, 0) is 31.2 Å². The normalized spacial score (nSPS) is 9.36. The Bertz CT molecular complexity index is 825. The number of benzene rings is 2. The first-order chi connectivity index (χ1) is 12.4. The second kappa shape index (κ2) is 11.4. The predicted octanol–water partition coefficient (Wildman–Crippen LogP) is 3.87. The van der Waals surface area contributed by atoms with E-state index in [4.69, 9.17) is 0 Å². The van der Waals surface area contributed by atoms with Crippen molar-refractivity contribution in [1.82, 2.24) is 10.6 Å². The lowest BCUT2D eigenvalue weighted by molar-refractivity contribution is 0.0916. The number of hydrogen-bond acceptors (Lipinski definition) is 4. The number of hydrogen-bond donors (Lipinski definition) is 2. The van der Waals surface area contributed by atoms with Gasteiger partial charge < -0.3 is 10.6 Å². The topological polar surface area (TPSA) is 92.3 Å². The van der Waals surface area contributed by atoms with E-state index in [2.05, 4.69) is 10.6 Å². The fourth-order valence-electron chi connectivity index (χ4n) is 2.28. The minimum atomic E-state index is -0.357. The molecule has 6 heteroatoms. The lowest BCUT2D eigenvalue weighted by Crippen LogP contribution is -2.37. The van der Waals surface area contributed by atoms with Crippen molar-refractivity contribution in [3.05, 3.63) is 70.8 Å². The molecule has 0 unspecified atom stereocenters. The molecule has 0 fully saturated rings. The Hall–Kier alpha value is -3.28. The highest BCUT2D eigenvalue weighted by atomic mass is 16.2. The summed E-state index contributed by atoms with van der Waals surface area (Å²) in [5.41, 5.74) is 1.88. The number of amides is 2. The first kappa shape index (κ1) is 24.7. The predicted molar refractivity (Wildman–Crippen MR) is 111 cm³/mol. The van der Waals surface area contributed by atoms with Crippen LogP contribution < -0.4 is 10.6 Å². The number of nitrogens with one attached hydrogen (secondary N) is 2. The quantitative estimate of drug-likeness (QED) is 0.560. The van der Waals surface area contributed by atoms with Crippen molar-refractivity contribution in [1.29, 1.82) is 0 Å². The molecule has 28 heavy (non-hydrogen) atoms. The second-order valence-electron chi connectivity index (χ2n) is 5.68. The van der Waals surface area contributed by atoms with Gasteiger partial charge in [0.2, 0.25) is 0 Å². The average Bonchev–Trinajstić information content (AvgIpc) is 2.67. The minimum Gasteiger partial charge on any atom is -0.335 e. The molecule has 6 nitrogen and oxygen atoms in total. The molecule has 2 aromatic carbocycles. The molecule has 0 saturated heterocycles. The van der Waals surface area contributed by atoms with Gasteiger partial charge in [0, 0.05) is 28.7 Å². The third-order valence-electron chi connectivity index (χ3n) is 3.84. The van der Waals surface area contributed by atoms with Crippen LogP contribution in [0.15, 0.2) is 48.5 Å². The van der Waals surface area contributed by atoms with Gasteiger partial charge in [0.05, 0.1) is 6.67 Å². The van der Waals surface area contributed by atoms with Gasteiger partial charge in [0.25, 0.3) is 11.8 Å². The molecule has 0 heterocycles. The van der Waals surface area contributed by atoms with Crippen LogP contribution in [0.2, 0.25) is 0 Å². The van der Waals surface area contributed by atoms with Crippen LogP contribution in [0.4, 0.5) is 0 Å². The van der Waals surface area contributed by atoms with E-state index in [1.165, 1.54) is 6.92 Å². The lowest BCUT2D eigenvalue weighted by atomic mass is 10.1. The fourth-order valence-corrected chi connectivity index (χ4v) is 2.28. The molecule has 2 rings (SSSR count). The molecule has 0 radical (unpaired) electrons. The van der Waals surface area contributed by atoms with E-state index < -0.39 is 0 Å². The number of carbonyl (C=O) groups excluding carboxylic acids is 4. The first-order valence-corrected chi connectivity index (χ1v) is 8.23. The van der Waals surface area contributed by atoms with Gasteiger partial charge in [-0.1, -0.05) is 46.0 Å². The summed E-state index contributed by atoms with van der Waals surface area (Å²) in [6.45, 7) is 3.19. The van der Waals surface area contributed by atoms with Gasteiger partial charge in [-0.2, -0.15) is 0 Å². The molecule has 0 aromatic heterocycles. The summed E-state index contributed by atoms with van der Waals surface area (Å²) >= 11 is 0. The zero-order valence-electron chi connectivity index (χ0n) is 14.7. The zero-order valence-corrected chi connectivity index (χ0v) is 14.7. The Labute approximate surface area is 166 Å². The molecular weight excluding hydrogens is 356 g/mol. The Morgan fingerprint density at radius 3 is 1.39 bits per heavy atom. The Morgan fingerprint density at radius 2 is 1.04 bits per heavy atom. The van der Waals surface area contributed by atoms with Crippen LogP contribution in [-0.4, -0.2) is 30.0 Å². The maximum absolute atomic E-state index is 12.0. The lowest BCUT2D eigenvalue weighted by Gasteiger charge is -2.08. The van der Waals surface area contributed by atoms with E-state index in [-0.39, 0.29) is 44.9 Å². The third kappa shape index (κ3) is 6.46. The van der Waals surface area contributed by atoms with E-state index in [1.807, 2.05) is 0 Å². The van der Waals surface area contributed by atoms with Crippen molar-refractivity contribution in [2.24, 2.45) is 0 Å². The van der Waals surface area contributed by atoms with E-state index >= 15 is 0 Å². The number of carbonyl (C=O) groups is 4. The van der Waals surface area contributed by atoms with Crippen LogP contribution in [0.25, 0.3) is 0 Å². The monoisotopic (exact) mass is 384 g/mol. The molecule has 2 aromatic rings. The van der Waals surface area contributed by atoms with Gasteiger partial charge in [-0.3, -0.25) is 19.2 Å². The Kier molecular flexibility index (Phi) is 10.1. The highest BCUT2D eigenvalue weighted by Gasteiger charge is 2.09. The first-order valence-electron chi connectivity index (χ1n) is 8.23. The van der Waals surface area contributed by atoms with Crippen molar-refractivity contribution >= 4 is 23.4 Å². The molecule has 0 bridgehead atoms. The number of rotatable bonds is 7. The zero-order chi connectivity index (χ0) is 19.1. The molecule has 0 saturated carbocycles.